The number of nitrogens with one attached hydrogen (secondary N) is 1. The minimum Gasteiger partial charge on any atom is -0.466 e. The highest BCUT2D eigenvalue weighted by Gasteiger charge is 2.21. The third-order valence-electron chi connectivity index (χ3n) is 2.55. The Labute approximate surface area is 94.2 Å². The topological polar surface area (TPSA) is 25.2 Å². The van der Waals surface area contributed by atoms with Crippen LogP contribution in [0.25, 0.3) is 0 Å². The first-order valence-corrected chi connectivity index (χ1v) is 5.90. The second-order valence-electron chi connectivity index (χ2n) is 3.67. The molecule has 1 N–H and O–H groups in total. The van der Waals surface area contributed by atoms with Crippen LogP contribution in [-0.2, 0) is 0 Å². The summed E-state index contributed by atoms with van der Waals surface area (Å²) < 4.78 is 6.53. The van der Waals surface area contributed by atoms with Crippen LogP contribution in [0.2, 0.25) is 0 Å². The SMILES string of the molecule is CCCC(C)C(NC)c1occc1Br. The Hall–Kier alpha value is -0.280. The third-order valence-corrected chi connectivity index (χ3v) is 3.21. The molecule has 1 heterocycles. The van der Waals surface area contributed by atoms with E-state index in [0.29, 0.717) is 12.0 Å². The van der Waals surface area contributed by atoms with E-state index in [1.807, 2.05) is 13.1 Å². The summed E-state index contributed by atoms with van der Waals surface area (Å²) >= 11 is 3.49. The maximum Gasteiger partial charge on any atom is 0.135 e. The van der Waals surface area contributed by atoms with E-state index in [4.69, 9.17) is 4.42 Å². The minimum absolute atomic E-state index is 0.305. The molecule has 2 unspecified atom stereocenters. The summed E-state index contributed by atoms with van der Waals surface area (Å²) in [6, 6.07) is 2.25. The van der Waals surface area contributed by atoms with Crippen LogP contribution in [0.5, 0.6) is 0 Å². The molecule has 0 amide bonds. The zero-order valence-electron chi connectivity index (χ0n) is 9.01. The minimum atomic E-state index is 0.305. The lowest BCUT2D eigenvalue weighted by Gasteiger charge is -2.21. The Morgan fingerprint density at radius 3 is 2.71 bits per heavy atom. The Bertz CT molecular complexity index is 272. The van der Waals surface area contributed by atoms with Gasteiger partial charge in [-0.1, -0.05) is 20.3 Å². The van der Waals surface area contributed by atoms with Crippen LogP contribution in [0.3, 0.4) is 0 Å². The molecule has 0 radical (unpaired) electrons. The molecule has 0 saturated heterocycles. The predicted octanol–water partition coefficient (Wildman–Crippen LogP) is 3.74. The molecule has 0 fully saturated rings. The van der Waals surface area contributed by atoms with Crippen molar-refractivity contribution in [2.75, 3.05) is 7.05 Å². The summed E-state index contributed by atoms with van der Waals surface area (Å²) in [5.74, 6) is 1.60. The van der Waals surface area contributed by atoms with Gasteiger partial charge in [0.15, 0.2) is 0 Å². The first-order chi connectivity index (χ1) is 6.70. The third kappa shape index (κ3) is 2.61. The van der Waals surface area contributed by atoms with E-state index < -0.39 is 0 Å². The number of rotatable bonds is 5. The van der Waals surface area contributed by atoms with Crippen LogP contribution in [0, 0.1) is 5.92 Å². The molecule has 0 aliphatic heterocycles. The molecule has 0 aliphatic carbocycles. The van der Waals surface area contributed by atoms with Crippen molar-refractivity contribution in [1.82, 2.24) is 5.32 Å². The van der Waals surface area contributed by atoms with Gasteiger partial charge in [-0.3, -0.25) is 0 Å². The Kier molecular flexibility index (Phi) is 4.69. The largest absolute Gasteiger partial charge is 0.466 e. The van der Waals surface area contributed by atoms with Crippen molar-refractivity contribution in [2.45, 2.75) is 32.7 Å². The lowest BCUT2D eigenvalue weighted by Crippen LogP contribution is -2.23. The average molecular weight is 260 g/mol. The van der Waals surface area contributed by atoms with Gasteiger partial charge in [-0.05, 0) is 41.4 Å². The fourth-order valence-electron chi connectivity index (χ4n) is 1.82. The Morgan fingerprint density at radius 2 is 2.29 bits per heavy atom. The van der Waals surface area contributed by atoms with Gasteiger partial charge in [0, 0.05) is 0 Å². The molecule has 0 saturated carbocycles. The number of furan rings is 1. The van der Waals surface area contributed by atoms with E-state index >= 15 is 0 Å². The van der Waals surface area contributed by atoms with Gasteiger partial charge in [0.1, 0.15) is 5.76 Å². The summed E-state index contributed by atoms with van der Waals surface area (Å²) in [7, 11) is 1.98. The molecule has 1 aromatic rings. The molecule has 0 aliphatic rings. The van der Waals surface area contributed by atoms with Gasteiger partial charge in [-0.25, -0.2) is 0 Å². The average Bonchev–Trinajstić information content (AvgIpc) is 2.54. The quantitative estimate of drug-likeness (QED) is 0.872. The van der Waals surface area contributed by atoms with Crippen molar-refractivity contribution in [3.8, 4) is 0 Å². The monoisotopic (exact) mass is 259 g/mol. The van der Waals surface area contributed by atoms with Crippen LogP contribution in [0.1, 0.15) is 38.5 Å². The molecule has 2 atom stereocenters. The normalized spacial score (nSPS) is 15.4. The van der Waals surface area contributed by atoms with E-state index in [9.17, 15) is 0 Å². The zero-order valence-corrected chi connectivity index (χ0v) is 10.6. The molecule has 1 rings (SSSR count). The lowest BCUT2D eigenvalue weighted by atomic mass is 9.95. The second kappa shape index (κ2) is 5.56. The number of hydrogen-bond acceptors (Lipinski definition) is 2. The van der Waals surface area contributed by atoms with E-state index in [1.54, 1.807) is 6.26 Å². The fraction of sp³-hybridized carbons (Fsp3) is 0.636. The Balaban J connectivity index is 2.76. The lowest BCUT2D eigenvalue weighted by molar-refractivity contribution is 0.324. The van der Waals surface area contributed by atoms with Crippen LogP contribution in [0.4, 0.5) is 0 Å². The van der Waals surface area contributed by atoms with Gasteiger partial charge in [0.2, 0.25) is 0 Å². The van der Waals surface area contributed by atoms with Crippen LogP contribution < -0.4 is 5.32 Å². The fourth-order valence-corrected chi connectivity index (χ4v) is 2.27. The van der Waals surface area contributed by atoms with Crippen LogP contribution in [0.15, 0.2) is 21.2 Å². The van der Waals surface area contributed by atoms with Gasteiger partial charge in [-0.15, -0.1) is 0 Å². The molecule has 80 valence electrons. The summed E-state index contributed by atoms with van der Waals surface area (Å²) in [4.78, 5) is 0. The van der Waals surface area contributed by atoms with E-state index in [1.165, 1.54) is 12.8 Å². The van der Waals surface area contributed by atoms with Crippen molar-refractivity contribution in [1.29, 1.82) is 0 Å². The number of hydrogen-bond donors (Lipinski definition) is 1. The van der Waals surface area contributed by atoms with E-state index in [2.05, 4.69) is 35.1 Å². The summed E-state index contributed by atoms with van der Waals surface area (Å²) in [6.45, 7) is 4.46. The highest BCUT2D eigenvalue weighted by atomic mass is 79.9. The maximum atomic E-state index is 5.48. The standard InChI is InChI=1S/C11H18BrNO/c1-4-5-8(2)10(13-3)11-9(12)6-7-14-11/h6-8,10,13H,4-5H2,1-3H3. The van der Waals surface area contributed by atoms with Gasteiger partial charge >= 0.3 is 0 Å². The van der Waals surface area contributed by atoms with Gasteiger partial charge in [-0.2, -0.15) is 0 Å². The molecule has 0 aromatic carbocycles. The molecule has 1 aromatic heterocycles. The van der Waals surface area contributed by atoms with Crippen molar-refractivity contribution >= 4 is 15.9 Å². The molecular weight excluding hydrogens is 242 g/mol. The van der Waals surface area contributed by atoms with Gasteiger partial charge in [0.05, 0.1) is 16.8 Å². The maximum absolute atomic E-state index is 5.48. The molecule has 14 heavy (non-hydrogen) atoms. The van der Waals surface area contributed by atoms with Crippen LogP contribution >= 0.6 is 15.9 Å². The van der Waals surface area contributed by atoms with Gasteiger partial charge < -0.3 is 9.73 Å². The first kappa shape index (κ1) is 11.8. The molecular formula is C11H18BrNO. The Morgan fingerprint density at radius 1 is 1.57 bits per heavy atom. The summed E-state index contributed by atoms with van der Waals surface area (Å²) in [5, 5.41) is 3.31. The number of halogens is 1. The van der Waals surface area contributed by atoms with E-state index in [-0.39, 0.29) is 0 Å². The molecule has 0 bridgehead atoms. The second-order valence-corrected chi connectivity index (χ2v) is 4.52. The van der Waals surface area contributed by atoms with Gasteiger partial charge in [0.25, 0.3) is 0 Å². The van der Waals surface area contributed by atoms with Crippen molar-refractivity contribution < 1.29 is 4.42 Å². The highest BCUT2D eigenvalue weighted by Crippen LogP contribution is 2.31. The van der Waals surface area contributed by atoms with Crippen LogP contribution in [-0.4, -0.2) is 7.05 Å². The molecule has 3 heteroatoms. The first-order valence-electron chi connectivity index (χ1n) is 5.10. The van der Waals surface area contributed by atoms with Crippen molar-refractivity contribution in [3.63, 3.8) is 0 Å². The van der Waals surface area contributed by atoms with Crippen molar-refractivity contribution in [3.05, 3.63) is 22.6 Å². The summed E-state index contributed by atoms with van der Waals surface area (Å²) in [6.07, 6.45) is 4.14. The molecule has 0 spiro atoms. The van der Waals surface area contributed by atoms with E-state index in [0.717, 1.165) is 10.2 Å². The van der Waals surface area contributed by atoms with Crippen molar-refractivity contribution in [2.24, 2.45) is 5.92 Å². The zero-order chi connectivity index (χ0) is 10.6. The summed E-state index contributed by atoms with van der Waals surface area (Å²) in [5.41, 5.74) is 0. The molecule has 2 nitrogen and oxygen atoms in total. The smallest absolute Gasteiger partial charge is 0.135 e. The highest BCUT2D eigenvalue weighted by molar-refractivity contribution is 9.10. The predicted molar refractivity (Wildman–Crippen MR) is 62.3 cm³/mol.